The number of Topliss-reactive ketones (excluding diaryl/α,β-unsaturated/α-hetero) is 2. The fourth-order valence-electron chi connectivity index (χ4n) is 3.14. The van der Waals surface area contributed by atoms with Crippen LogP contribution in [-0.4, -0.2) is 18.7 Å². The molecule has 0 aliphatic rings. The molecule has 5 heteroatoms. The summed E-state index contributed by atoms with van der Waals surface area (Å²) < 4.78 is 31.5. The number of ketones is 2. The third kappa shape index (κ3) is 5.35. The number of carbonyl (C=O) groups is 2. The second-order valence-corrected chi connectivity index (χ2v) is 6.74. The second-order valence-electron chi connectivity index (χ2n) is 6.74. The first-order chi connectivity index (χ1) is 14.0. The summed E-state index contributed by atoms with van der Waals surface area (Å²) in [4.78, 5) is 25.4. The SMILES string of the molecule is COc1ccc(C(CC(=O)c2ccc(F)cc2)CC(=O)c2ccc(F)cc2)cc1. The lowest BCUT2D eigenvalue weighted by Crippen LogP contribution is -2.13. The normalized spacial score (nSPS) is 10.8. The van der Waals surface area contributed by atoms with Gasteiger partial charge >= 0.3 is 0 Å². The van der Waals surface area contributed by atoms with Gasteiger partial charge in [0.15, 0.2) is 11.6 Å². The molecule has 0 spiro atoms. The number of benzene rings is 3. The van der Waals surface area contributed by atoms with Gasteiger partial charge in [-0.1, -0.05) is 12.1 Å². The Morgan fingerprint density at radius 2 is 1.14 bits per heavy atom. The van der Waals surface area contributed by atoms with Crippen molar-refractivity contribution < 1.29 is 23.1 Å². The van der Waals surface area contributed by atoms with E-state index in [0.29, 0.717) is 16.9 Å². The molecule has 0 aliphatic carbocycles. The molecule has 0 atom stereocenters. The molecule has 0 fully saturated rings. The Balaban J connectivity index is 1.84. The van der Waals surface area contributed by atoms with Crippen LogP contribution in [0.15, 0.2) is 72.8 Å². The average Bonchev–Trinajstić information content (AvgIpc) is 2.74. The maximum Gasteiger partial charge on any atom is 0.163 e. The van der Waals surface area contributed by atoms with Crippen LogP contribution in [0.5, 0.6) is 5.75 Å². The van der Waals surface area contributed by atoms with E-state index in [4.69, 9.17) is 4.74 Å². The molecule has 3 rings (SSSR count). The van der Waals surface area contributed by atoms with E-state index in [0.717, 1.165) is 5.56 Å². The van der Waals surface area contributed by atoms with Crippen molar-refractivity contribution in [2.45, 2.75) is 18.8 Å². The maximum absolute atomic E-state index is 13.1. The highest BCUT2D eigenvalue weighted by Crippen LogP contribution is 2.29. The van der Waals surface area contributed by atoms with E-state index in [1.807, 2.05) is 12.1 Å². The third-order valence-electron chi connectivity index (χ3n) is 4.78. The Morgan fingerprint density at radius 1 is 0.724 bits per heavy atom. The number of rotatable bonds is 8. The van der Waals surface area contributed by atoms with Crippen LogP contribution in [0.25, 0.3) is 0 Å². The van der Waals surface area contributed by atoms with Gasteiger partial charge in [0.25, 0.3) is 0 Å². The van der Waals surface area contributed by atoms with Crippen molar-refractivity contribution in [2.24, 2.45) is 0 Å². The average molecular weight is 394 g/mol. The number of halogens is 2. The van der Waals surface area contributed by atoms with Crippen molar-refractivity contribution in [3.63, 3.8) is 0 Å². The quantitative estimate of drug-likeness (QED) is 0.467. The molecule has 0 amide bonds. The van der Waals surface area contributed by atoms with Crippen LogP contribution in [-0.2, 0) is 0 Å². The van der Waals surface area contributed by atoms with Crippen LogP contribution in [0.2, 0.25) is 0 Å². The van der Waals surface area contributed by atoms with Gasteiger partial charge in [0.05, 0.1) is 7.11 Å². The van der Waals surface area contributed by atoms with Crippen molar-refractivity contribution in [1.82, 2.24) is 0 Å². The van der Waals surface area contributed by atoms with E-state index in [1.165, 1.54) is 48.5 Å². The molecule has 0 saturated carbocycles. The summed E-state index contributed by atoms with van der Waals surface area (Å²) in [6.45, 7) is 0. The monoisotopic (exact) mass is 394 g/mol. The molecular formula is C24H20F2O3. The number of hydrogen-bond acceptors (Lipinski definition) is 3. The van der Waals surface area contributed by atoms with Gasteiger partial charge in [0.1, 0.15) is 17.4 Å². The summed E-state index contributed by atoms with van der Waals surface area (Å²) in [5, 5.41) is 0. The Morgan fingerprint density at radius 3 is 1.52 bits per heavy atom. The summed E-state index contributed by atoms with van der Waals surface area (Å²) in [6.07, 6.45) is 0.176. The van der Waals surface area contributed by atoms with Gasteiger partial charge in [-0.25, -0.2) is 8.78 Å². The van der Waals surface area contributed by atoms with E-state index >= 15 is 0 Å². The highest BCUT2D eigenvalue weighted by molar-refractivity contribution is 5.99. The molecule has 29 heavy (non-hydrogen) atoms. The molecule has 3 nitrogen and oxygen atoms in total. The minimum absolute atomic E-state index is 0.0882. The standard InChI is InChI=1S/C24H20F2O3/c1-29-22-12-6-16(7-13-22)19(14-23(27)17-2-8-20(25)9-3-17)15-24(28)18-4-10-21(26)11-5-18/h2-13,19H,14-15H2,1H3. The number of carbonyl (C=O) groups excluding carboxylic acids is 2. The molecule has 0 saturated heterocycles. The fourth-order valence-corrected chi connectivity index (χ4v) is 3.14. The minimum Gasteiger partial charge on any atom is -0.497 e. The van der Waals surface area contributed by atoms with E-state index in [-0.39, 0.29) is 30.3 Å². The van der Waals surface area contributed by atoms with Crippen molar-refractivity contribution >= 4 is 11.6 Å². The summed E-state index contributed by atoms with van der Waals surface area (Å²) in [7, 11) is 1.56. The van der Waals surface area contributed by atoms with Crippen LogP contribution in [0.3, 0.4) is 0 Å². The predicted octanol–water partition coefficient (Wildman–Crippen LogP) is 5.60. The number of hydrogen-bond donors (Lipinski definition) is 0. The van der Waals surface area contributed by atoms with E-state index in [9.17, 15) is 18.4 Å². The van der Waals surface area contributed by atoms with Crippen molar-refractivity contribution in [1.29, 1.82) is 0 Å². The highest BCUT2D eigenvalue weighted by atomic mass is 19.1. The van der Waals surface area contributed by atoms with Gasteiger partial charge < -0.3 is 4.74 Å². The molecule has 3 aromatic carbocycles. The highest BCUT2D eigenvalue weighted by Gasteiger charge is 2.21. The number of ether oxygens (including phenoxy) is 1. The van der Waals surface area contributed by atoms with Crippen molar-refractivity contribution in [3.05, 3.63) is 101 Å². The predicted molar refractivity (Wildman–Crippen MR) is 106 cm³/mol. The summed E-state index contributed by atoms with van der Waals surface area (Å²) in [5.41, 5.74) is 1.59. The Hall–Kier alpha value is -3.34. The minimum atomic E-state index is -0.417. The smallest absolute Gasteiger partial charge is 0.163 e. The Kier molecular flexibility index (Phi) is 6.50. The molecule has 148 valence electrons. The number of methoxy groups -OCH3 is 1. The molecule has 0 N–H and O–H groups in total. The van der Waals surface area contributed by atoms with E-state index < -0.39 is 11.6 Å². The molecular weight excluding hydrogens is 374 g/mol. The van der Waals surface area contributed by atoms with Gasteiger partial charge in [-0.3, -0.25) is 9.59 Å². The third-order valence-corrected chi connectivity index (χ3v) is 4.78. The molecule has 0 radical (unpaired) electrons. The molecule has 3 aromatic rings. The van der Waals surface area contributed by atoms with Gasteiger partial charge in [0, 0.05) is 24.0 Å². The first kappa shape index (κ1) is 20.4. The van der Waals surface area contributed by atoms with Crippen LogP contribution in [0, 0.1) is 11.6 Å². The topological polar surface area (TPSA) is 43.4 Å². The maximum atomic E-state index is 13.1. The van der Waals surface area contributed by atoms with Crippen LogP contribution < -0.4 is 4.74 Å². The zero-order valence-corrected chi connectivity index (χ0v) is 15.9. The van der Waals surface area contributed by atoms with Gasteiger partial charge in [0.2, 0.25) is 0 Å². The van der Waals surface area contributed by atoms with Crippen LogP contribution >= 0.6 is 0 Å². The Bertz CT molecular complexity index is 919. The lowest BCUT2D eigenvalue weighted by molar-refractivity contribution is 0.0944. The van der Waals surface area contributed by atoms with Gasteiger partial charge in [-0.2, -0.15) is 0 Å². The van der Waals surface area contributed by atoms with Gasteiger partial charge in [-0.05, 0) is 72.1 Å². The van der Waals surface area contributed by atoms with Crippen LogP contribution in [0.1, 0.15) is 45.0 Å². The first-order valence-corrected chi connectivity index (χ1v) is 9.17. The Labute approximate surface area is 168 Å². The second kappa shape index (κ2) is 9.24. The fraction of sp³-hybridized carbons (Fsp3) is 0.167. The molecule has 0 heterocycles. The summed E-state index contributed by atoms with van der Waals surface area (Å²) in [6, 6.07) is 17.9. The lowest BCUT2D eigenvalue weighted by atomic mass is 9.86. The van der Waals surface area contributed by atoms with E-state index in [2.05, 4.69) is 0 Å². The molecule has 0 bridgehead atoms. The van der Waals surface area contributed by atoms with E-state index in [1.54, 1.807) is 19.2 Å². The molecule has 0 unspecified atom stereocenters. The first-order valence-electron chi connectivity index (χ1n) is 9.17. The largest absolute Gasteiger partial charge is 0.497 e. The van der Waals surface area contributed by atoms with Crippen LogP contribution in [0.4, 0.5) is 8.78 Å². The molecule has 0 aromatic heterocycles. The molecule has 0 aliphatic heterocycles. The van der Waals surface area contributed by atoms with Crippen molar-refractivity contribution in [3.8, 4) is 5.75 Å². The zero-order chi connectivity index (χ0) is 20.8. The van der Waals surface area contributed by atoms with Gasteiger partial charge in [-0.15, -0.1) is 0 Å². The summed E-state index contributed by atoms with van der Waals surface area (Å²) in [5.74, 6) is -0.909. The lowest BCUT2D eigenvalue weighted by Gasteiger charge is -2.17. The summed E-state index contributed by atoms with van der Waals surface area (Å²) >= 11 is 0. The zero-order valence-electron chi connectivity index (χ0n) is 15.9. The van der Waals surface area contributed by atoms with Crippen molar-refractivity contribution in [2.75, 3.05) is 7.11 Å².